The lowest BCUT2D eigenvalue weighted by Gasteiger charge is -2.53. The maximum absolute atomic E-state index is 16.1. The number of H-pyrrole nitrogens is 1. The van der Waals surface area contributed by atoms with Gasteiger partial charge in [-0.2, -0.15) is 0 Å². The van der Waals surface area contributed by atoms with E-state index < -0.39 is 52.7 Å². The van der Waals surface area contributed by atoms with E-state index in [1.165, 1.54) is 0 Å². The normalized spacial score (nSPS) is 35.4. The molecule has 0 bridgehead atoms. The molecule has 10 nitrogen and oxygen atoms in total. The number of halogens is 1. The predicted molar refractivity (Wildman–Crippen MR) is 78.4 cm³/mol. The largest absolute Gasteiger partial charge is 0.376 e. The van der Waals surface area contributed by atoms with Crippen molar-refractivity contribution >= 4 is 11.6 Å². The molecule has 0 aromatic carbocycles. The number of rotatable bonds is 4. The topological polar surface area (TPSA) is 148 Å². The third kappa shape index (κ3) is 2.31. The molecule has 2 heterocycles. The fourth-order valence-electron chi connectivity index (χ4n) is 2.95. The Bertz CT molecular complexity index is 835. The van der Waals surface area contributed by atoms with Crippen LogP contribution in [-0.4, -0.2) is 62.5 Å². The van der Waals surface area contributed by atoms with E-state index in [2.05, 4.69) is 0 Å². The molecule has 1 aromatic rings. The third-order valence-electron chi connectivity index (χ3n) is 4.34. The highest BCUT2D eigenvalue weighted by Crippen LogP contribution is 2.48. The maximum Gasteiger partial charge on any atom is 0.331 e. The molecule has 2 rings (SSSR count). The number of aromatic nitrogens is 2. The molecule has 0 aliphatic carbocycles. The second-order valence-electron chi connectivity index (χ2n) is 5.72. The fraction of sp³-hybridized carbons (Fsp3) is 0.571. The Kier molecular flexibility index (Phi) is 4.55. The quantitative estimate of drug-likeness (QED) is 0.548. The number of carbonyl (C=O) groups is 2. The van der Waals surface area contributed by atoms with Gasteiger partial charge in [0.25, 0.3) is 11.4 Å². The monoisotopic (exact) mass is 360 g/mol. The predicted octanol–water partition coefficient (Wildman–Crippen LogP) is -2.20. The SMILES string of the molecule is CO[C@@H]1OC[C@](O)(C(C)=O)[C@@](O)(C(C)=O)[C@]1(F)n1ccc(=O)[nH]c1=O. The molecule has 11 heteroatoms. The maximum atomic E-state index is 16.1. The summed E-state index contributed by atoms with van der Waals surface area (Å²) in [6, 6.07) is 0.747. The van der Waals surface area contributed by atoms with Crippen molar-refractivity contribution in [3.63, 3.8) is 0 Å². The third-order valence-corrected chi connectivity index (χ3v) is 4.34. The van der Waals surface area contributed by atoms with Crippen molar-refractivity contribution in [3.8, 4) is 0 Å². The molecule has 4 atom stereocenters. The molecule has 0 unspecified atom stereocenters. The van der Waals surface area contributed by atoms with Gasteiger partial charge in [-0.15, -0.1) is 0 Å². The molecule has 138 valence electrons. The number of hydrogen-bond donors (Lipinski definition) is 3. The minimum atomic E-state index is -3.56. The summed E-state index contributed by atoms with van der Waals surface area (Å²) in [5, 5.41) is 21.5. The molecule has 0 saturated carbocycles. The van der Waals surface area contributed by atoms with Crippen molar-refractivity contribution in [2.75, 3.05) is 13.7 Å². The zero-order valence-corrected chi connectivity index (χ0v) is 13.6. The number of aromatic amines is 1. The van der Waals surface area contributed by atoms with Crippen LogP contribution in [0.25, 0.3) is 0 Å². The van der Waals surface area contributed by atoms with E-state index in [9.17, 15) is 29.4 Å². The molecule has 0 spiro atoms. The minimum Gasteiger partial charge on any atom is -0.376 e. The number of nitrogens with one attached hydrogen (secondary N) is 1. The van der Waals surface area contributed by atoms with Crippen LogP contribution in [0.15, 0.2) is 21.9 Å². The summed E-state index contributed by atoms with van der Waals surface area (Å²) in [4.78, 5) is 49.1. The number of ketones is 2. The van der Waals surface area contributed by atoms with Crippen molar-refractivity contribution in [2.24, 2.45) is 0 Å². The van der Waals surface area contributed by atoms with Crippen LogP contribution in [-0.2, 0) is 24.9 Å². The molecular formula is C14H17FN2O8. The molecule has 3 N–H and O–H groups in total. The smallest absolute Gasteiger partial charge is 0.331 e. The van der Waals surface area contributed by atoms with Gasteiger partial charge < -0.3 is 19.7 Å². The Balaban J connectivity index is 2.92. The summed E-state index contributed by atoms with van der Waals surface area (Å²) in [5.41, 5.74) is -8.66. The van der Waals surface area contributed by atoms with Crippen molar-refractivity contribution in [2.45, 2.75) is 37.1 Å². The summed E-state index contributed by atoms with van der Waals surface area (Å²) in [5.74, 6) is -6.08. The Hall–Kier alpha value is -2.21. The van der Waals surface area contributed by atoms with Crippen molar-refractivity contribution in [1.29, 1.82) is 0 Å². The molecule has 1 aliphatic heterocycles. The lowest BCUT2D eigenvalue weighted by atomic mass is 9.69. The Labute approximate surface area is 139 Å². The molecule has 1 aliphatic rings. The first-order valence-corrected chi connectivity index (χ1v) is 7.09. The fourth-order valence-corrected chi connectivity index (χ4v) is 2.95. The number of alkyl halides is 1. The lowest BCUT2D eigenvalue weighted by Crippen LogP contribution is -2.81. The standard InChI is InChI=1S/C14H17FN2O8/c1-7(18)12(22)6-25-10(24-3)14(15,13(12,23)8(2)19)17-5-4-9(20)16-11(17)21/h4-5,10,22-23H,6H2,1-3H3,(H,16,20,21)/t10-,12+,13+,14-/m1/s1. The van der Waals surface area contributed by atoms with Crippen LogP contribution in [0.4, 0.5) is 4.39 Å². The van der Waals surface area contributed by atoms with Gasteiger partial charge in [0.2, 0.25) is 11.9 Å². The highest BCUT2D eigenvalue weighted by atomic mass is 19.1. The first-order valence-electron chi connectivity index (χ1n) is 7.09. The molecule has 0 amide bonds. The van der Waals surface area contributed by atoms with E-state index in [4.69, 9.17) is 9.47 Å². The number of methoxy groups -OCH3 is 1. The van der Waals surface area contributed by atoms with Gasteiger partial charge in [-0.3, -0.25) is 23.9 Å². The summed E-state index contributed by atoms with van der Waals surface area (Å²) in [7, 11) is 0.967. The van der Waals surface area contributed by atoms with Gasteiger partial charge in [0.15, 0.2) is 17.2 Å². The average molecular weight is 360 g/mol. The second-order valence-corrected chi connectivity index (χ2v) is 5.72. The summed E-state index contributed by atoms with van der Waals surface area (Å²) in [6.45, 7) is 0.595. The first kappa shape index (κ1) is 19.1. The highest BCUT2D eigenvalue weighted by Gasteiger charge is 2.76. The Morgan fingerprint density at radius 2 is 1.96 bits per heavy atom. The van der Waals surface area contributed by atoms with E-state index in [0.717, 1.165) is 27.0 Å². The van der Waals surface area contributed by atoms with Gasteiger partial charge >= 0.3 is 5.69 Å². The number of carbonyl (C=O) groups excluding carboxylic acids is 2. The summed E-state index contributed by atoms with van der Waals surface area (Å²) < 4.78 is 26.0. The summed E-state index contributed by atoms with van der Waals surface area (Å²) >= 11 is 0. The highest BCUT2D eigenvalue weighted by molar-refractivity contribution is 5.98. The molecular weight excluding hydrogens is 343 g/mol. The van der Waals surface area contributed by atoms with Gasteiger partial charge in [0, 0.05) is 19.4 Å². The lowest BCUT2D eigenvalue weighted by molar-refractivity contribution is -0.360. The molecule has 1 aromatic heterocycles. The van der Waals surface area contributed by atoms with E-state index in [1.807, 2.05) is 0 Å². The van der Waals surface area contributed by atoms with Gasteiger partial charge in [-0.25, -0.2) is 9.18 Å². The number of ether oxygens (including phenoxy) is 2. The Morgan fingerprint density at radius 1 is 1.36 bits per heavy atom. The van der Waals surface area contributed by atoms with E-state index in [-0.39, 0.29) is 4.57 Å². The van der Waals surface area contributed by atoms with Crippen LogP contribution in [0.1, 0.15) is 13.8 Å². The van der Waals surface area contributed by atoms with E-state index in [0.29, 0.717) is 6.20 Å². The first-order chi connectivity index (χ1) is 11.5. The van der Waals surface area contributed by atoms with Crippen molar-refractivity contribution < 1.29 is 33.7 Å². The van der Waals surface area contributed by atoms with E-state index >= 15 is 4.39 Å². The van der Waals surface area contributed by atoms with Gasteiger partial charge in [-0.1, -0.05) is 0 Å². The zero-order chi connectivity index (χ0) is 19.2. The van der Waals surface area contributed by atoms with Crippen LogP contribution in [0.5, 0.6) is 0 Å². The van der Waals surface area contributed by atoms with Gasteiger partial charge in [0.1, 0.15) is 0 Å². The number of nitrogens with zero attached hydrogens (tertiary/aromatic N) is 1. The Morgan fingerprint density at radius 3 is 2.40 bits per heavy atom. The van der Waals surface area contributed by atoms with Crippen LogP contribution in [0.2, 0.25) is 0 Å². The average Bonchev–Trinajstić information content (AvgIpc) is 2.52. The molecule has 1 fully saturated rings. The summed E-state index contributed by atoms with van der Waals surface area (Å²) in [6.07, 6.45) is -1.40. The van der Waals surface area contributed by atoms with E-state index in [1.54, 1.807) is 4.98 Å². The van der Waals surface area contributed by atoms with Gasteiger partial charge in [0.05, 0.1) is 6.61 Å². The van der Waals surface area contributed by atoms with Gasteiger partial charge in [-0.05, 0) is 13.8 Å². The molecule has 1 saturated heterocycles. The van der Waals surface area contributed by atoms with Crippen LogP contribution < -0.4 is 11.2 Å². The number of aliphatic hydroxyl groups is 2. The minimum absolute atomic E-state index is 0.136. The van der Waals surface area contributed by atoms with Crippen molar-refractivity contribution in [1.82, 2.24) is 9.55 Å². The van der Waals surface area contributed by atoms with Crippen LogP contribution in [0, 0.1) is 0 Å². The zero-order valence-electron chi connectivity index (χ0n) is 13.6. The number of hydrogen-bond acceptors (Lipinski definition) is 8. The van der Waals surface area contributed by atoms with Crippen LogP contribution >= 0.6 is 0 Å². The van der Waals surface area contributed by atoms with Crippen LogP contribution in [0.3, 0.4) is 0 Å². The molecule has 0 radical (unpaired) electrons. The van der Waals surface area contributed by atoms with Crippen molar-refractivity contribution in [3.05, 3.63) is 33.1 Å². The number of Topliss-reactive ketones (excluding diaryl/α,β-unsaturated/α-hetero) is 2. The molecule has 25 heavy (non-hydrogen) atoms. The second kappa shape index (κ2) is 5.95.